The van der Waals surface area contributed by atoms with E-state index in [0.29, 0.717) is 29.1 Å². The quantitative estimate of drug-likeness (QED) is 0.937. The highest BCUT2D eigenvalue weighted by molar-refractivity contribution is 6.33. The molecule has 0 bridgehead atoms. The average Bonchev–Trinajstić information content (AvgIpc) is 3.10. The van der Waals surface area contributed by atoms with Crippen molar-refractivity contribution in [1.29, 1.82) is 0 Å². The number of aliphatic hydroxyl groups is 1. The van der Waals surface area contributed by atoms with Gasteiger partial charge in [-0.15, -0.1) is 0 Å². The fourth-order valence-corrected chi connectivity index (χ4v) is 3.00. The molecule has 1 atom stereocenters. The van der Waals surface area contributed by atoms with Gasteiger partial charge in [0, 0.05) is 5.56 Å². The van der Waals surface area contributed by atoms with Gasteiger partial charge in [0.2, 0.25) is 11.7 Å². The minimum atomic E-state index is -0.392. The van der Waals surface area contributed by atoms with Crippen LogP contribution in [0.4, 0.5) is 0 Å². The number of hydrogen-bond donors (Lipinski definition) is 1. The van der Waals surface area contributed by atoms with Gasteiger partial charge in [-0.3, -0.25) is 0 Å². The number of aliphatic hydroxyl groups excluding tert-OH is 1. The maximum Gasteiger partial charge on any atom is 0.229 e. The Balaban J connectivity index is 1.72. The SMILES string of the molecule is OC(Cc1nc(-c2ccccc2Cl)no1)C1CCCC1. The topological polar surface area (TPSA) is 59.2 Å². The Kier molecular flexibility index (Phi) is 4.03. The maximum atomic E-state index is 10.2. The van der Waals surface area contributed by atoms with Gasteiger partial charge in [-0.1, -0.05) is 41.7 Å². The molecule has 4 nitrogen and oxygen atoms in total. The van der Waals surface area contributed by atoms with Crippen LogP contribution in [0.2, 0.25) is 5.02 Å². The van der Waals surface area contributed by atoms with E-state index in [1.165, 1.54) is 12.8 Å². The van der Waals surface area contributed by atoms with Crippen LogP contribution in [0.1, 0.15) is 31.6 Å². The van der Waals surface area contributed by atoms with E-state index < -0.39 is 6.10 Å². The molecule has 1 unspecified atom stereocenters. The molecule has 1 saturated carbocycles. The number of hydrogen-bond acceptors (Lipinski definition) is 4. The Hall–Kier alpha value is -1.39. The van der Waals surface area contributed by atoms with Crippen LogP contribution in [0, 0.1) is 5.92 Å². The molecule has 2 aromatic rings. The number of halogens is 1. The molecule has 1 aromatic heterocycles. The van der Waals surface area contributed by atoms with E-state index in [9.17, 15) is 5.11 Å². The summed E-state index contributed by atoms with van der Waals surface area (Å²) < 4.78 is 5.22. The van der Waals surface area contributed by atoms with E-state index >= 15 is 0 Å². The monoisotopic (exact) mass is 292 g/mol. The summed E-state index contributed by atoms with van der Waals surface area (Å²) in [7, 11) is 0. The molecule has 1 fully saturated rings. The van der Waals surface area contributed by atoms with E-state index in [-0.39, 0.29) is 0 Å². The van der Waals surface area contributed by atoms with Gasteiger partial charge in [-0.05, 0) is 30.9 Å². The summed E-state index contributed by atoms with van der Waals surface area (Å²) in [6, 6.07) is 7.38. The molecule has 0 spiro atoms. The van der Waals surface area contributed by atoms with Gasteiger partial charge in [0.15, 0.2) is 0 Å². The third kappa shape index (κ3) is 2.86. The highest BCUT2D eigenvalue weighted by Crippen LogP contribution is 2.30. The Morgan fingerprint density at radius 3 is 2.80 bits per heavy atom. The summed E-state index contributed by atoms with van der Waals surface area (Å²) >= 11 is 6.11. The maximum absolute atomic E-state index is 10.2. The van der Waals surface area contributed by atoms with E-state index in [1.54, 1.807) is 6.07 Å². The van der Waals surface area contributed by atoms with Crippen molar-refractivity contribution in [3.63, 3.8) is 0 Å². The molecular weight excluding hydrogens is 276 g/mol. The number of rotatable bonds is 4. The molecule has 0 aliphatic heterocycles. The van der Waals surface area contributed by atoms with Gasteiger partial charge in [0.1, 0.15) is 0 Å². The normalized spacial score (nSPS) is 17.5. The second-order valence-electron chi connectivity index (χ2n) is 5.31. The molecule has 20 heavy (non-hydrogen) atoms. The summed E-state index contributed by atoms with van der Waals surface area (Å²) in [5, 5.41) is 14.7. The van der Waals surface area contributed by atoms with Crippen molar-refractivity contribution in [3.8, 4) is 11.4 Å². The van der Waals surface area contributed by atoms with Gasteiger partial charge in [-0.2, -0.15) is 4.98 Å². The van der Waals surface area contributed by atoms with Gasteiger partial charge >= 0.3 is 0 Å². The zero-order valence-electron chi connectivity index (χ0n) is 11.1. The Morgan fingerprint density at radius 2 is 2.05 bits per heavy atom. The molecule has 106 valence electrons. The first-order valence-electron chi connectivity index (χ1n) is 6.99. The molecule has 3 rings (SSSR count). The lowest BCUT2D eigenvalue weighted by Gasteiger charge is -2.14. The third-order valence-electron chi connectivity index (χ3n) is 3.91. The number of aromatic nitrogens is 2. The zero-order chi connectivity index (χ0) is 13.9. The van der Waals surface area contributed by atoms with Crippen LogP contribution >= 0.6 is 11.6 Å². The first-order valence-corrected chi connectivity index (χ1v) is 7.37. The lowest BCUT2D eigenvalue weighted by atomic mass is 9.98. The van der Waals surface area contributed by atoms with Crippen molar-refractivity contribution in [2.45, 2.75) is 38.2 Å². The van der Waals surface area contributed by atoms with E-state index in [2.05, 4.69) is 10.1 Å². The minimum absolute atomic E-state index is 0.366. The van der Waals surface area contributed by atoms with Crippen LogP contribution in [-0.2, 0) is 6.42 Å². The van der Waals surface area contributed by atoms with E-state index in [4.69, 9.17) is 16.1 Å². The first kappa shape index (κ1) is 13.6. The van der Waals surface area contributed by atoms with Crippen molar-refractivity contribution >= 4 is 11.6 Å². The predicted octanol–water partition coefficient (Wildman–Crippen LogP) is 3.48. The lowest BCUT2D eigenvalue weighted by Crippen LogP contribution is -2.20. The predicted molar refractivity (Wildman–Crippen MR) is 76.4 cm³/mol. The molecule has 1 aromatic carbocycles. The van der Waals surface area contributed by atoms with E-state index in [0.717, 1.165) is 18.4 Å². The summed E-state index contributed by atoms with van der Waals surface area (Å²) in [5.74, 6) is 1.31. The van der Waals surface area contributed by atoms with Crippen molar-refractivity contribution in [1.82, 2.24) is 10.1 Å². The van der Waals surface area contributed by atoms with Gasteiger partial charge in [0.05, 0.1) is 17.5 Å². The molecular formula is C15H17ClN2O2. The smallest absolute Gasteiger partial charge is 0.229 e. The Morgan fingerprint density at radius 1 is 1.30 bits per heavy atom. The van der Waals surface area contributed by atoms with Gasteiger partial charge < -0.3 is 9.63 Å². The summed E-state index contributed by atoms with van der Waals surface area (Å²) in [6.07, 6.45) is 4.62. The standard InChI is InChI=1S/C15H17ClN2O2/c16-12-8-4-3-7-11(12)15-17-14(20-18-15)9-13(19)10-5-1-2-6-10/h3-4,7-8,10,13,19H,1-2,5-6,9H2. The second kappa shape index (κ2) is 5.94. The molecule has 1 heterocycles. The van der Waals surface area contributed by atoms with Crippen molar-refractivity contribution in [2.75, 3.05) is 0 Å². The highest BCUT2D eigenvalue weighted by atomic mass is 35.5. The lowest BCUT2D eigenvalue weighted by molar-refractivity contribution is 0.102. The Labute approximate surface area is 122 Å². The third-order valence-corrected chi connectivity index (χ3v) is 4.24. The zero-order valence-corrected chi connectivity index (χ0v) is 11.9. The highest BCUT2D eigenvalue weighted by Gasteiger charge is 2.25. The molecule has 1 aliphatic carbocycles. The molecule has 5 heteroatoms. The summed E-state index contributed by atoms with van der Waals surface area (Å²) in [5.41, 5.74) is 0.750. The van der Waals surface area contributed by atoms with Crippen LogP contribution in [-0.4, -0.2) is 21.4 Å². The average molecular weight is 293 g/mol. The van der Waals surface area contributed by atoms with E-state index in [1.807, 2.05) is 18.2 Å². The van der Waals surface area contributed by atoms with Crippen molar-refractivity contribution in [3.05, 3.63) is 35.2 Å². The molecule has 1 aliphatic rings. The van der Waals surface area contributed by atoms with Crippen LogP contribution in [0.5, 0.6) is 0 Å². The van der Waals surface area contributed by atoms with Crippen LogP contribution in [0.3, 0.4) is 0 Å². The largest absolute Gasteiger partial charge is 0.392 e. The van der Waals surface area contributed by atoms with Gasteiger partial charge in [0.25, 0.3) is 0 Å². The summed E-state index contributed by atoms with van der Waals surface area (Å²) in [4.78, 5) is 4.33. The number of benzene rings is 1. The summed E-state index contributed by atoms with van der Waals surface area (Å²) in [6.45, 7) is 0. The number of nitrogens with zero attached hydrogens (tertiary/aromatic N) is 2. The fourth-order valence-electron chi connectivity index (χ4n) is 2.78. The van der Waals surface area contributed by atoms with Crippen LogP contribution < -0.4 is 0 Å². The molecule has 0 amide bonds. The van der Waals surface area contributed by atoms with Crippen molar-refractivity contribution < 1.29 is 9.63 Å². The second-order valence-corrected chi connectivity index (χ2v) is 5.71. The Bertz CT molecular complexity index is 579. The van der Waals surface area contributed by atoms with Crippen molar-refractivity contribution in [2.24, 2.45) is 5.92 Å². The molecule has 1 N–H and O–H groups in total. The van der Waals surface area contributed by atoms with Gasteiger partial charge in [-0.25, -0.2) is 0 Å². The molecule has 0 saturated heterocycles. The fraction of sp³-hybridized carbons (Fsp3) is 0.467. The minimum Gasteiger partial charge on any atom is -0.392 e. The molecule has 0 radical (unpaired) electrons. The van der Waals surface area contributed by atoms with Crippen LogP contribution in [0.15, 0.2) is 28.8 Å². The van der Waals surface area contributed by atoms with Crippen LogP contribution in [0.25, 0.3) is 11.4 Å². The first-order chi connectivity index (χ1) is 9.74.